The fourth-order valence-corrected chi connectivity index (χ4v) is 6.35. The normalized spacial score (nSPS) is 18.1. The fraction of sp³-hybridized carbons (Fsp3) is 0.314. The number of rotatable bonds is 8. The molecule has 3 aliphatic rings. The predicted octanol–water partition coefficient (Wildman–Crippen LogP) is 5.31. The summed E-state index contributed by atoms with van der Waals surface area (Å²) in [6.45, 7) is 4.08. The minimum atomic E-state index is -0.171. The Balaban J connectivity index is 1.15. The van der Waals surface area contributed by atoms with Gasteiger partial charge in [-0.05, 0) is 86.0 Å². The van der Waals surface area contributed by atoms with E-state index in [0.29, 0.717) is 25.4 Å². The number of aromatic nitrogens is 3. The maximum absolute atomic E-state index is 13.7. The summed E-state index contributed by atoms with van der Waals surface area (Å²) in [5, 5.41) is 6.93. The smallest absolute Gasteiger partial charge is 0.258 e. The van der Waals surface area contributed by atoms with E-state index in [4.69, 9.17) is 4.98 Å². The van der Waals surface area contributed by atoms with Gasteiger partial charge < -0.3 is 20.5 Å². The second kappa shape index (κ2) is 11.3. The van der Waals surface area contributed by atoms with Crippen molar-refractivity contribution in [2.24, 2.45) is 5.92 Å². The maximum atomic E-state index is 13.7. The number of nitrogens with one attached hydrogen (secondary N) is 3. The Labute approximate surface area is 251 Å². The Bertz CT molecular complexity index is 1800. The Hall–Kier alpha value is -4.56. The van der Waals surface area contributed by atoms with Crippen molar-refractivity contribution in [1.29, 1.82) is 0 Å². The molecule has 7 rings (SSSR count). The van der Waals surface area contributed by atoms with Crippen molar-refractivity contribution >= 4 is 34.1 Å². The quantitative estimate of drug-likeness (QED) is 0.249. The zero-order chi connectivity index (χ0) is 29.5. The number of carbonyl (C=O) groups is 2. The first-order valence-electron chi connectivity index (χ1n) is 15.2. The van der Waals surface area contributed by atoms with Gasteiger partial charge >= 0.3 is 0 Å². The van der Waals surface area contributed by atoms with Crippen LogP contribution in [-0.2, 0) is 11.2 Å². The zero-order valence-corrected chi connectivity index (χ0v) is 24.6. The van der Waals surface area contributed by atoms with Gasteiger partial charge in [0.15, 0.2) is 0 Å². The first-order chi connectivity index (χ1) is 21.0. The monoisotopic (exact) mass is 572 g/mol. The van der Waals surface area contributed by atoms with Crippen LogP contribution in [0.2, 0.25) is 0 Å². The number of hydrogen-bond acceptors (Lipinski definition) is 5. The molecule has 2 aromatic carbocycles. The van der Waals surface area contributed by atoms with Gasteiger partial charge in [-0.25, -0.2) is 9.97 Å². The molecule has 8 nitrogen and oxygen atoms in total. The molecule has 3 N–H and O–H groups in total. The molecule has 218 valence electrons. The molecule has 0 saturated heterocycles. The third kappa shape index (κ3) is 5.16. The molecule has 1 atom stereocenters. The van der Waals surface area contributed by atoms with Crippen molar-refractivity contribution in [3.63, 3.8) is 0 Å². The molecule has 43 heavy (non-hydrogen) atoms. The minimum Gasteiger partial charge on any atom is -0.354 e. The molecule has 0 bridgehead atoms. The van der Waals surface area contributed by atoms with Gasteiger partial charge in [0.25, 0.3) is 5.91 Å². The molecule has 1 aliphatic heterocycles. The molecule has 2 aromatic heterocycles. The Morgan fingerprint density at radius 3 is 2.77 bits per heavy atom. The van der Waals surface area contributed by atoms with E-state index in [2.05, 4.69) is 57.9 Å². The van der Waals surface area contributed by atoms with Gasteiger partial charge in [0.2, 0.25) is 5.91 Å². The third-order valence-electron chi connectivity index (χ3n) is 8.96. The van der Waals surface area contributed by atoms with E-state index in [1.165, 1.54) is 24.0 Å². The fourth-order valence-electron chi connectivity index (χ4n) is 6.35. The Kier molecular flexibility index (Phi) is 7.15. The second-order valence-electron chi connectivity index (χ2n) is 11.8. The van der Waals surface area contributed by atoms with Crippen LogP contribution in [0.15, 0.2) is 67.0 Å². The van der Waals surface area contributed by atoms with Crippen LogP contribution in [0.25, 0.3) is 27.9 Å². The molecule has 2 aliphatic carbocycles. The van der Waals surface area contributed by atoms with Crippen molar-refractivity contribution in [3.05, 3.63) is 95.0 Å². The van der Waals surface area contributed by atoms with Gasteiger partial charge in [-0.1, -0.05) is 42.5 Å². The van der Waals surface area contributed by atoms with E-state index in [9.17, 15) is 9.59 Å². The highest BCUT2D eigenvalue weighted by atomic mass is 16.2. The van der Waals surface area contributed by atoms with Crippen LogP contribution in [0.4, 0.5) is 5.69 Å². The average molecular weight is 573 g/mol. The Morgan fingerprint density at radius 2 is 1.98 bits per heavy atom. The standard InChI is InChI=1S/C35H36N6O2/c1-21-27(4-3-5-31(21)41-17-14-26-18-25(22-6-7-22)12-13-28(26)35(41)43)32-29-19-30(40-33(29)39-20-38-32)23-8-10-24(11-9-23)34(42)37-16-15-36-2/h3-5,8-10,12-13,18-20,22,24,36H,6-7,11,14-17H2,1-2H3,(H,37,42)(H,38,39,40). The molecule has 1 saturated carbocycles. The highest BCUT2D eigenvalue weighted by Crippen LogP contribution is 2.42. The van der Waals surface area contributed by atoms with Crippen molar-refractivity contribution in [3.8, 4) is 11.3 Å². The van der Waals surface area contributed by atoms with Crippen molar-refractivity contribution < 1.29 is 9.59 Å². The molecule has 1 fully saturated rings. The number of H-pyrrole nitrogens is 1. The number of allylic oxidation sites excluding steroid dienone is 3. The molecule has 1 unspecified atom stereocenters. The second-order valence-corrected chi connectivity index (χ2v) is 11.8. The molecule has 8 heteroatoms. The number of fused-ring (bicyclic) bond motifs is 2. The van der Waals surface area contributed by atoms with Gasteiger partial charge in [-0.3, -0.25) is 9.59 Å². The van der Waals surface area contributed by atoms with E-state index in [0.717, 1.165) is 63.3 Å². The van der Waals surface area contributed by atoms with Crippen molar-refractivity contribution in [2.45, 2.75) is 38.5 Å². The third-order valence-corrected chi connectivity index (χ3v) is 8.96. The number of aromatic amines is 1. The summed E-state index contributed by atoms with van der Waals surface area (Å²) in [6.07, 6.45) is 11.7. The molecule has 2 amide bonds. The maximum Gasteiger partial charge on any atom is 0.258 e. The SMILES string of the molecule is CNCCNC(=O)C1C=CC(c2cc3c(-c4cccc(N5CCc6cc(C7CC7)ccc6C5=O)c4C)ncnc3[nH]2)=CC1. The summed E-state index contributed by atoms with van der Waals surface area (Å²) < 4.78 is 0. The van der Waals surface area contributed by atoms with Crippen molar-refractivity contribution in [1.82, 2.24) is 25.6 Å². The highest BCUT2D eigenvalue weighted by Gasteiger charge is 2.30. The number of likely N-dealkylation sites (N-methyl/N-ethyl adjacent to an activating group) is 1. The van der Waals surface area contributed by atoms with Crippen LogP contribution < -0.4 is 15.5 Å². The van der Waals surface area contributed by atoms with Crippen LogP contribution in [0, 0.1) is 12.8 Å². The molecular weight excluding hydrogens is 536 g/mol. The molecule has 0 radical (unpaired) electrons. The lowest BCUT2D eigenvalue weighted by atomic mass is 9.93. The van der Waals surface area contributed by atoms with Crippen LogP contribution in [-0.4, -0.2) is 53.4 Å². The summed E-state index contributed by atoms with van der Waals surface area (Å²) in [5.41, 5.74) is 9.80. The largest absolute Gasteiger partial charge is 0.354 e. The lowest BCUT2D eigenvalue weighted by Crippen LogP contribution is -2.38. The number of hydrogen-bond donors (Lipinski definition) is 3. The summed E-state index contributed by atoms with van der Waals surface area (Å²) in [7, 11) is 1.87. The van der Waals surface area contributed by atoms with E-state index in [1.807, 2.05) is 42.3 Å². The molecule has 3 heterocycles. The van der Waals surface area contributed by atoms with E-state index in [1.54, 1.807) is 6.33 Å². The highest BCUT2D eigenvalue weighted by molar-refractivity contribution is 6.09. The van der Waals surface area contributed by atoms with E-state index < -0.39 is 0 Å². The minimum absolute atomic E-state index is 0.0423. The van der Waals surface area contributed by atoms with E-state index >= 15 is 0 Å². The summed E-state index contributed by atoms with van der Waals surface area (Å²) >= 11 is 0. The average Bonchev–Trinajstić information content (AvgIpc) is 3.79. The number of amides is 2. The molecule has 4 aromatic rings. The predicted molar refractivity (Wildman–Crippen MR) is 170 cm³/mol. The first-order valence-corrected chi connectivity index (χ1v) is 15.2. The Morgan fingerprint density at radius 1 is 1.09 bits per heavy atom. The van der Waals surface area contributed by atoms with Crippen LogP contribution in [0.1, 0.15) is 57.9 Å². The summed E-state index contributed by atoms with van der Waals surface area (Å²) in [6, 6.07) is 14.6. The molecule has 0 spiro atoms. The lowest BCUT2D eigenvalue weighted by Gasteiger charge is -2.30. The zero-order valence-electron chi connectivity index (χ0n) is 24.6. The topological polar surface area (TPSA) is 103 Å². The summed E-state index contributed by atoms with van der Waals surface area (Å²) in [4.78, 5) is 40.8. The van der Waals surface area contributed by atoms with Crippen molar-refractivity contribution in [2.75, 3.05) is 31.6 Å². The van der Waals surface area contributed by atoms with Crippen LogP contribution in [0.5, 0.6) is 0 Å². The van der Waals surface area contributed by atoms with Gasteiger partial charge in [-0.2, -0.15) is 0 Å². The van der Waals surface area contributed by atoms with Crippen LogP contribution >= 0.6 is 0 Å². The number of anilines is 1. The molecular formula is C35H36N6O2. The number of nitrogens with zero attached hydrogens (tertiary/aromatic N) is 3. The number of benzene rings is 2. The van der Waals surface area contributed by atoms with Gasteiger partial charge in [0.1, 0.15) is 12.0 Å². The van der Waals surface area contributed by atoms with Gasteiger partial charge in [-0.15, -0.1) is 0 Å². The summed E-state index contributed by atoms with van der Waals surface area (Å²) in [5.74, 6) is 0.611. The lowest BCUT2D eigenvalue weighted by molar-refractivity contribution is -0.123. The first kappa shape index (κ1) is 27.3. The number of carbonyl (C=O) groups excluding carboxylic acids is 2. The van der Waals surface area contributed by atoms with Gasteiger partial charge in [0, 0.05) is 47.5 Å². The van der Waals surface area contributed by atoms with Gasteiger partial charge in [0.05, 0.1) is 11.6 Å². The van der Waals surface area contributed by atoms with E-state index in [-0.39, 0.29) is 17.7 Å². The van der Waals surface area contributed by atoms with Crippen LogP contribution in [0.3, 0.4) is 0 Å².